The second kappa shape index (κ2) is 6.98. The Morgan fingerprint density at radius 1 is 1.22 bits per heavy atom. The van der Waals surface area contributed by atoms with Crippen LogP contribution in [-0.2, 0) is 0 Å². The average molecular weight is 318 g/mol. The minimum atomic E-state index is -0.236. The summed E-state index contributed by atoms with van der Waals surface area (Å²) < 4.78 is 0. The van der Waals surface area contributed by atoms with Crippen molar-refractivity contribution in [2.75, 3.05) is 13.1 Å². The van der Waals surface area contributed by atoms with Gasteiger partial charge in [-0.3, -0.25) is 9.78 Å². The quantitative estimate of drug-likeness (QED) is 0.877. The third-order valence-corrected chi connectivity index (χ3v) is 3.74. The number of aromatic nitrogens is 1. The van der Waals surface area contributed by atoms with Crippen LogP contribution in [0.3, 0.4) is 0 Å². The predicted octanol–water partition coefficient (Wildman–Crippen LogP) is 2.09. The Labute approximate surface area is 137 Å². The van der Waals surface area contributed by atoms with Crippen LogP contribution < -0.4 is 10.6 Å². The first-order valence-corrected chi connectivity index (χ1v) is 8.04. The van der Waals surface area contributed by atoms with Crippen LogP contribution in [0, 0.1) is 6.92 Å². The third kappa shape index (κ3) is 5.23. The molecule has 126 valence electrons. The molecule has 0 unspecified atom stereocenters. The minimum absolute atomic E-state index is 0.0369. The highest BCUT2D eigenvalue weighted by atomic mass is 16.2. The number of likely N-dealkylation sites (tertiary alicyclic amines) is 1. The molecule has 0 saturated carbocycles. The Morgan fingerprint density at radius 3 is 2.43 bits per heavy atom. The van der Waals surface area contributed by atoms with Crippen LogP contribution in [-0.4, -0.2) is 46.5 Å². The Hall–Kier alpha value is -2.11. The number of carbonyl (C=O) groups is 2. The van der Waals surface area contributed by atoms with Gasteiger partial charge in [-0.25, -0.2) is 4.79 Å². The highest BCUT2D eigenvalue weighted by Gasteiger charge is 2.26. The molecule has 0 atom stereocenters. The number of pyridine rings is 1. The van der Waals surface area contributed by atoms with E-state index in [1.54, 1.807) is 12.4 Å². The fraction of sp³-hybridized carbons (Fsp3) is 0.588. The lowest BCUT2D eigenvalue weighted by atomic mass is 10.0. The van der Waals surface area contributed by atoms with Gasteiger partial charge in [0, 0.05) is 37.1 Å². The van der Waals surface area contributed by atoms with Crippen molar-refractivity contribution in [2.45, 2.75) is 52.1 Å². The van der Waals surface area contributed by atoms with Gasteiger partial charge in [0.15, 0.2) is 0 Å². The first kappa shape index (κ1) is 17.2. The molecule has 0 aromatic carbocycles. The van der Waals surface area contributed by atoms with Crippen LogP contribution in [0.1, 0.15) is 49.5 Å². The molecule has 6 heteroatoms. The van der Waals surface area contributed by atoms with E-state index in [-0.39, 0.29) is 23.5 Å². The Bertz CT molecular complexity index is 572. The highest BCUT2D eigenvalue weighted by Crippen LogP contribution is 2.13. The molecule has 1 aliphatic rings. The van der Waals surface area contributed by atoms with Crippen LogP contribution >= 0.6 is 0 Å². The van der Waals surface area contributed by atoms with E-state index in [0.717, 1.165) is 18.4 Å². The first-order valence-electron chi connectivity index (χ1n) is 8.04. The van der Waals surface area contributed by atoms with Gasteiger partial charge in [0.2, 0.25) is 0 Å². The van der Waals surface area contributed by atoms with Gasteiger partial charge in [0.25, 0.3) is 5.91 Å². The summed E-state index contributed by atoms with van der Waals surface area (Å²) in [6.07, 6.45) is 4.84. The second-order valence-electron chi connectivity index (χ2n) is 7.17. The van der Waals surface area contributed by atoms with Crippen LogP contribution in [0.5, 0.6) is 0 Å². The van der Waals surface area contributed by atoms with Crippen LogP contribution in [0.15, 0.2) is 18.5 Å². The lowest BCUT2D eigenvalue weighted by Gasteiger charge is -2.34. The summed E-state index contributed by atoms with van der Waals surface area (Å²) in [5, 5.41) is 6.00. The van der Waals surface area contributed by atoms with E-state index in [4.69, 9.17) is 0 Å². The highest BCUT2D eigenvalue weighted by molar-refractivity contribution is 5.94. The van der Waals surface area contributed by atoms with Gasteiger partial charge < -0.3 is 15.5 Å². The molecule has 1 aromatic heterocycles. The molecule has 6 nitrogen and oxygen atoms in total. The molecule has 2 heterocycles. The van der Waals surface area contributed by atoms with Crippen molar-refractivity contribution in [1.82, 2.24) is 20.5 Å². The van der Waals surface area contributed by atoms with Crippen LogP contribution in [0.25, 0.3) is 0 Å². The van der Waals surface area contributed by atoms with Crippen molar-refractivity contribution >= 4 is 11.9 Å². The zero-order chi connectivity index (χ0) is 17.0. The number of urea groups is 1. The molecule has 0 aliphatic carbocycles. The number of nitrogens with one attached hydrogen (secondary N) is 2. The Balaban J connectivity index is 1.83. The van der Waals surface area contributed by atoms with Gasteiger partial charge in [0.1, 0.15) is 0 Å². The molecular weight excluding hydrogens is 292 g/mol. The fourth-order valence-corrected chi connectivity index (χ4v) is 2.57. The first-order chi connectivity index (χ1) is 10.7. The number of hydrogen-bond donors (Lipinski definition) is 2. The number of rotatable bonds is 2. The molecule has 2 rings (SSSR count). The molecule has 23 heavy (non-hydrogen) atoms. The van der Waals surface area contributed by atoms with Crippen molar-refractivity contribution in [2.24, 2.45) is 0 Å². The summed E-state index contributed by atoms with van der Waals surface area (Å²) in [4.78, 5) is 30.2. The minimum Gasteiger partial charge on any atom is -0.349 e. The molecule has 1 aliphatic heterocycles. The van der Waals surface area contributed by atoms with Crippen molar-refractivity contribution < 1.29 is 9.59 Å². The number of amides is 3. The number of piperidine rings is 1. The van der Waals surface area contributed by atoms with Crippen molar-refractivity contribution in [1.29, 1.82) is 0 Å². The number of carbonyl (C=O) groups excluding carboxylic acids is 2. The van der Waals surface area contributed by atoms with Gasteiger partial charge in [-0.15, -0.1) is 0 Å². The standard InChI is InChI=1S/C17H26N4O2/c1-12-9-13(11-18-10-12)15(22)19-14-5-7-21(8-6-14)16(23)20-17(2,3)4/h9-11,14H,5-8H2,1-4H3,(H,19,22)(H,20,23). The maximum Gasteiger partial charge on any atom is 0.317 e. The zero-order valence-corrected chi connectivity index (χ0v) is 14.3. The van der Waals surface area contributed by atoms with E-state index in [0.29, 0.717) is 18.7 Å². The van der Waals surface area contributed by atoms with E-state index < -0.39 is 0 Å². The summed E-state index contributed by atoms with van der Waals surface area (Å²) in [7, 11) is 0. The molecule has 3 amide bonds. The zero-order valence-electron chi connectivity index (χ0n) is 14.3. The van der Waals surface area contributed by atoms with Gasteiger partial charge in [-0.1, -0.05) is 0 Å². The van der Waals surface area contributed by atoms with Crippen LogP contribution in [0.4, 0.5) is 4.79 Å². The topological polar surface area (TPSA) is 74.3 Å². The SMILES string of the molecule is Cc1cncc(C(=O)NC2CCN(C(=O)NC(C)(C)C)CC2)c1. The van der Waals surface area contributed by atoms with Gasteiger partial charge in [-0.2, -0.15) is 0 Å². The van der Waals surface area contributed by atoms with Gasteiger partial charge in [0.05, 0.1) is 5.56 Å². The van der Waals surface area contributed by atoms with E-state index in [9.17, 15) is 9.59 Å². The third-order valence-electron chi connectivity index (χ3n) is 3.74. The van der Waals surface area contributed by atoms with E-state index >= 15 is 0 Å². The van der Waals surface area contributed by atoms with Crippen LogP contribution in [0.2, 0.25) is 0 Å². The Kier molecular flexibility index (Phi) is 5.23. The lowest BCUT2D eigenvalue weighted by molar-refractivity contribution is 0.0917. The van der Waals surface area contributed by atoms with Crippen molar-refractivity contribution in [3.8, 4) is 0 Å². The number of hydrogen-bond acceptors (Lipinski definition) is 3. The monoisotopic (exact) mass is 318 g/mol. The molecule has 1 saturated heterocycles. The smallest absolute Gasteiger partial charge is 0.317 e. The van der Waals surface area contributed by atoms with E-state index in [2.05, 4.69) is 15.6 Å². The lowest BCUT2D eigenvalue weighted by Crippen LogP contribution is -2.53. The maximum atomic E-state index is 12.2. The van der Waals surface area contributed by atoms with Gasteiger partial charge >= 0.3 is 6.03 Å². The molecule has 0 bridgehead atoms. The summed E-state index contributed by atoms with van der Waals surface area (Å²) in [6.45, 7) is 9.11. The fourth-order valence-electron chi connectivity index (χ4n) is 2.57. The van der Waals surface area contributed by atoms with Crippen molar-refractivity contribution in [3.05, 3.63) is 29.6 Å². The largest absolute Gasteiger partial charge is 0.349 e. The van der Waals surface area contributed by atoms with E-state index in [1.165, 1.54) is 0 Å². The number of aryl methyl sites for hydroxylation is 1. The number of nitrogens with zero attached hydrogens (tertiary/aromatic N) is 2. The van der Waals surface area contributed by atoms with E-state index in [1.807, 2.05) is 38.7 Å². The molecular formula is C17H26N4O2. The average Bonchev–Trinajstić information content (AvgIpc) is 2.46. The summed E-state index contributed by atoms with van der Waals surface area (Å²) >= 11 is 0. The predicted molar refractivity (Wildman–Crippen MR) is 89.3 cm³/mol. The summed E-state index contributed by atoms with van der Waals surface area (Å²) in [5.74, 6) is -0.0983. The van der Waals surface area contributed by atoms with Gasteiger partial charge in [-0.05, 0) is 52.2 Å². The molecule has 0 radical (unpaired) electrons. The normalized spacial score (nSPS) is 16.1. The summed E-state index contributed by atoms with van der Waals surface area (Å²) in [5.41, 5.74) is 1.31. The summed E-state index contributed by atoms with van der Waals surface area (Å²) in [6, 6.07) is 1.89. The molecule has 1 fully saturated rings. The molecule has 0 spiro atoms. The maximum absolute atomic E-state index is 12.2. The molecule has 1 aromatic rings. The molecule has 2 N–H and O–H groups in total. The Morgan fingerprint density at radius 2 is 1.87 bits per heavy atom. The van der Waals surface area contributed by atoms with Crippen molar-refractivity contribution in [3.63, 3.8) is 0 Å². The second-order valence-corrected chi connectivity index (χ2v) is 7.17.